The van der Waals surface area contributed by atoms with E-state index in [9.17, 15) is 26.7 Å². The van der Waals surface area contributed by atoms with Gasteiger partial charge in [-0.25, -0.2) is 21.6 Å². The van der Waals surface area contributed by atoms with Crippen molar-refractivity contribution in [2.24, 2.45) is 0 Å². The highest BCUT2D eigenvalue weighted by Gasteiger charge is 2.30. The molecule has 12 heteroatoms. The number of sulfonamides is 2. The summed E-state index contributed by atoms with van der Waals surface area (Å²) in [5.74, 6) is -1.19. The van der Waals surface area contributed by atoms with Crippen LogP contribution in [0.5, 0.6) is 5.75 Å². The lowest BCUT2D eigenvalue weighted by Crippen LogP contribution is -2.40. The Kier molecular flexibility index (Phi) is 6.79. The lowest BCUT2D eigenvalue weighted by atomic mass is 10.1. The summed E-state index contributed by atoms with van der Waals surface area (Å²) in [7, 11) is -6.86. The summed E-state index contributed by atoms with van der Waals surface area (Å²) in [6.07, 6.45) is 0. The third kappa shape index (κ3) is 4.72. The topological polar surface area (TPSA) is 139 Å². The fourth-order valence-electron chi connectivity index (χ4n) is 3.31. The van der Waals surface area contributed by atoms with Crippen LogP contribution in [0.4, 0.5) is 5.69 Å². The Morgan fingerprint density at radius 3 is 2.31 bits per heavy atom. The van der Waals surface area contributed by atoms with Crippen molar-refractivity contribution in [1.29, 1.82) is 0 Å². The van der Waals surface area contributed by atoms with Gasteiger partial charge in [-0.1, -0.05) is 0 Å². The van der Waals surface area contributed by atoms with Crippen molar-refractivity contribution in [1.82, 2.24) is 4.31 Å². The molecule has 10 nitrogen and oxygen atoms in total. The Morgan fingerprint density at radius 1 is 1.06 bits per heavy atom. The van der Waals surface area contributed by atoms with Gasteiger partial charge in [0, 0.05) is 13.1 Å². The van der Waals surface area contributed by atoms with Crippen LogP contribution in [0.3, 0.4) is 0 Å². The van der Waals surface area contributed by atoms with Crippen LogP contribution in [0.15, 0.2) is 40.1 Å². The minimum atomic E-state index is -4.21. The first-order chi connectivity index (χ1) is 15.0. The van der Waals surface area contributed by atoms with Gasteiger partial charge < -0.3 is 14.6 Å². The van der Waals surface area contributed by atoms with Gasteiger partial charge in [0.1, 0.15) is 10.6 Å². The molecule has 2 aromatic rings. The molecule has 32 heavy (non-hydrogen) atoms. The van der Waals surface area contributed by atoms with Crippen LogP contribution in [-0.4, -0.2) is 65.6 Å². The average molecular weight is 485 g/mol. The van der Waals surface area contributed by atoms with E-state index in [-0.39, 0.29) is 53.1 Å². The van der Waals surface area contributed by atoms with E-state index >= 15 is 0 Å². The first kappa shape index (κ1) is 24.0. The predicted molar refractivity (Wildman–Crippen MR) is 116 cm³/mol. The minimum absolute atomic E-state index is 0.00424. The number of carboxylic acid groups (broad SMARTS) is 1. The molecule has 0 saturated carbocycles. The van der Waals surface area contributed by atoms with E-state index in [4.69, 9.17) is 9.47 Å². The molecule has 0 atom stereocenters. The van der Waals surface area contributed by atoms with Gasteiger partial charge in [-0.3, -0.25) is 4.72 Å². The van der Waals surface area contributed by atoms with E-state index < -0.39 is 26.0 Å². The van der Waals surface area contributed by atoms with Crippen molar-refractivity contribution in [3.05, 3.63) is 47.0 Å². The number of carbonyl (C=O) groups is 1. The summed E-state index contributed by atoms with van der Waals surface area (Å²) < 4.78 is 66.3. The van der Waals surface area contributed by atoms with Gasteiger partial charge in [0.25, 0.3) is 10.0 Å². The maximum atomic E-state index is 13.1. The highest BCUT2D eigenvalue weighted by molar-refractivity contribution is 7.92. The van der Waals surface area contributed by atoms with Gasteiger partial charge in [0.2, 0.25) is 10.0 Å². The molecule has 174 valence electrons. The van der Waals surface area contributed by atoms with Crippen molar-refractivity contribution in [2.45, 2.75) is 23.6 Å². The summed E-state index contributed by atoms with van der Waals surface area (Å²) in [6.45, 7) is 4.03. The van der Waals surface area contributed by atoms with Crippen LogP contribution >= 0.6 is 0 Å². The van der Waals surface area contributed by atoms with Crippen molar-refractivity contribution in [3.63, 3.8) is 0 Å². The predicted octanol–water partition coefficient (Wildman–Crippen LogP) is 1.83. The second kappa shape index (κ2) is 9.06. The SMILES string of the molecule is COc1ccc(NS(=O)(=O)c2cc(C(=O)O)cc(C)c2C)cc1S(=O)(=O)N1CCOCC1. The van der Waals surface area contributed by atoms with E-state index in [2.05, 4.69) is 4.72 Å². The number of benzene rings is 2. The standard InChI is InChI=1S/C20H24N2O8S2/c1-13-10-15(20(23)24)11-18(14(13)2)31(25,26)21-16-4-5-17(29-3)19(12-16)32(27,28)22-6-8-30-9-7-22/h4-5,10-12,21H,6-9H2,1-3H3,(H,23,24). The Morgan fingerprint density at radius 2 is 1.72 bits per heavy atom. The number of methoxy groups -OCH3 is 1. The molecule has 1 aliphatic heterocycles. The number of hydrogen-bond acceptors (Lipinski definition) is 7. The molecule has 0 radical (unpaired) electrons. The van der Waals surface area contributed by atoms with Gasteiger partial charge >= 0.3 is 5.97 Å². The molecular weight excluding hydrogens is 460 g/mol. The fourth-order valence-corrected chi connectivity index (χ4v) is 6.29. The number of aryl methyl sites for hydroxylation is 1. The van der Waals surface area contributed by atoms with E-state index in [0.717, 1.165) is 6.07 Å². The molecule has 0 bridgehead atoms. The summed E-state index contributed by atoms with van der Waals surface area (Å²) >= 11 is 0. The Balaban J connectivity index is 2.03. The highest BCUT2D eigenvalue weighted by Crippen LogP contribution is 2.31. The van der Waals surface area contributed by atoms with Crippen LogP contribution in [-0.2, 0) is 24.8 Å². The van der Waals surface area contributed by atoms with Crippen molar-refractivity contribution in [2.75, 3.05) is 38.1 Å². The molecule has 0 aromatic heterocycles. The molecule has 1 heterocycles. The monoisotopic (exact) mass is 484 g/mol. The van der Waals surface area contributed by atoms with Crippen LogP contribution < -0.4 is 9.46 Å². The molecule has 2 aromatic carbocycles. The van der Waals surface area contributed by atoms with E-state index in [1.54, 1.807) is 13.8 Å². The maximum absolute atomic E-state index is 13.1. The lowest BCUT2D eigenvalue weighted by molar-refractivity contribution is 0.0696. The van der Waals surface area contributed by atoms with Gasteiger partial charge in [-0.15, -0.1) is 0 Å². The highest BCUT2D eigenvalue weighted by atomic mass is 32.2. The molecule has 0 aliphatic carbocycles. The number of hydrogen-bond donors (Lipinski definition) is 2. The zero-order chi connectivity index (χ0) is 23.7. The summed E-state index contributed by atoms with van der Waals surface area (Å²) in [6, 6.07) is 6.37. The number of morpholine rings is 1. The minimum Gasteiger partial charge on any atom is -0.495 e. The van der Waals surface area contributed by atoms with Crippen LogP contribution in [0, 0.1) is 13.8 Å². The second-order valence-electron chi connectivity index (χ2n) is 7.21. The molecule has 0 spiro atoms. The molecule has 1 fully saturated rings. The number of ether oxygens (including phenoxy) is 2. The molecule has 1 aliphatic rings. The third-order valence-corrected chi connectivity index (χ3v) is 8.59. The lowest BCUT2D eigenvalue weighted by Gasteiger charge is -2.27. The van der Waals surface area contributed by atoms with Crippen molar-refractivity contribution >= 4 is 31.7 Å². The molecule has 3 rings (SSSR count). The van der Waals surface area contributed by atoms with Gasteiger partial charge in [-0.2, -0.15) is 4.31 Å². The first-order valence-electron chi connectivity index (χ1n) is 9.60. The average Bonchev–Trinajstić information content (AvgIpc) is 2.75. The molecule has 1 saturated heterocycles. The van der Waals surface area contributed by atoms with Crippen LogP contribution in [0.25, 0.3) is 0 Å². The number of nitrogens with zero attached hydrogens (tertiary/aromatic N) is 1. The first-order valence-corrected chi connectivity index (χ1v) is 12.5. The van der Waals surface area contributed by atoms with Crippen molar-refractivity contribution < 1.29 is 36.2 Å². The Labute approximate surface area is 186 Å². The Bertz CT molecular complexity index is 1250. The summed E-state index contributed by atoms with van der Waals surface area (Å²) in [5.41, 5.74) is 0.710. The third-order valence-electron chi connectivity index (χ3n) is 5.16. The molecule has 2 N–H and O–H groups in total. The van der Waals surface area contributed by atoms with E-state index in [1.807, 2.05) is 0 Å². The molecule has 0 amide bonds. The number of nitrogens with one attached hydrogen (secondary N) is 1. The summed E-state index contributed by atoms with van der Waals surface area (Å²) in [5, 5.41) is 9.28. The number of anilines is 1. The Hall–Kier alpha value is -2.67. The molecular formula is C20H24N2O8S2. The van der Waals surface area contributed by atoms with E-state index in [0.29, 0.717) is 11.1 Å². The number of carboxylic acids is 1. The van der Waals surface area contributed by atoms with E-state index in [1.165, 1.54) is 35.7 Å². The largest absolute Gasteiger partial charge is 0.495 e. The zero-order valence-corrected chi connectivity index (χ0v) is 19.4. The second-order valence-corrected chi connectivity index (χ2v) is 10.8. The van der Waals surface area contributed by atoms with Crippen LogP contribution in [0.1, 0.15) is 21.5 Å². The number of aromatic carboxylic acids is 1. The maximum Gasteiger partial charge on any atom is 0.335 e. The molecule has 0 unspecified atom stereocenters. The van der Waals surface area contributed by atoms with Gasteiger partial charge in [0.15, 0.2) is 0 Å². The normalized spacial score (nSPS) is 15.3. The summed E-state index contributed by atoms with van der Waals surface area (Å²) in [4.78, 5) is 11.0. The van der Waals surface area contributed by atoms with Gasteiger partial charge in [0.05, 0.1) is 36.5 Å². The van der Waals surface area contributed by atoms with Crippen LogP contribution in [0.2, 0.25) is 0 Å². The van der Waals surface area contributed by atoms with Crippen molar-refractivity contribution in [3.8, 4) is 5.75 Å². The smallest absolute Gasteiger partial charge is 0.335 e. The quantitative estimate of drug-likeness (QED) is 0.607. The fraction of sp³-hybridized carbons (Fsp3) is 0.350. The zero-order valence-electron chi connectivity index (χ0n) is 17.8. The van der Waals surface area contributed by atoms with Gasteiger partial charge in [-0.05, 0) is 55.3 Å². The number of rotatable bonds is 7.